The van der Waals surface area contributed by atoms with E-state index in [1.165, 1.54) is 5.56 Å². The summed E-state index contributed by atoms with van der Waals surface area (Å²) < 4.78 is 26.9. The first-order valence-electron chi connectivity index (χ1n) is 8.81. The number of thioether (sulfide) groups is 1. The molecule has 0 radical (unpaired) electrons. The minimum atomic E-state index is -0.938. The number of aliphatic imine (C=N–C) groups is 1. The summed E-state index contributed by atoms with van der Waals surface area (Å²) in [5.74, 6) is -0.898. The quantitative estimate of drug-likeness (QED) is 0.817. The number of hydrogen-bond acceptors (Lipinski definition) is 5. The van der Waals surface area contributed by atoms with Crippen LogP contribution in [-0.2, 0) is 18.4 Å². The number of benzene rings is 1. The number of aryl methyl sites for hydroxylation is 1. The highest BCUT2D eigenvalue weighted by Crippen LogP contribution is 2.46. The number of aromatic nitrogens is 1. The lowest BCUT2D eigenvalue weighted by atomic mass is 9.70. The van der Waals surface area contributed by atoms with E-state index in [4.69, 9.17) is 10.7 Å². The van der Waals surface area contributed by atoms with E-state index in [2.05, 4.69) is 11.9 Å². The number of rotatable bonds is 3. The summed E-state index contributed by atoms with van der Waals surface area (Å²) in [4.78, 5) is 20.8. The monoisotopic (exact) mass is 387 g/mol. The van der Waals surface area contributed by atoms with Crippen LogP contribution >= 0.6 is 11.8 Å². The fraction of sp³-hybridized carbons (Fsp3) is 0.350. The van der Waals surface area contributed by atoms with Crippen molar-refractivity contribution in [1.82, 2.24) is 4.98 Å². The number of carbonyl (C=O) groups excluding carboxylic acids is 1. The largest absolute Gasteiger partial charge is 0.379 e. The zero-order valence-corrected chi connectivity index (χ0v) is 15.7. The second kappa shape index (κ2) is 6.71. The highest BCUT2D eigenvalue weighted by Gasteiger charge is 2.42. The van der Waals surface area contributed by atoms with Gasteiger partial charge in [-0.1, -0.05) is 30.0 Å². The van der Waals surface area contributed by atoms with Gasteiger partial charge < -0.3 is 5.73 Å². The van der Waals surface area contributed by atoms with Gasteiger partial charge in [0.2, 0.25) is 0 Å². The number of fused-ring (bicyclic) bond motifs is 3. The van der Waals surface area contributed by atoms with Crippen molar-refractivity contribution in [2.75, 3.05) is 5.75 Å². The lowest BCUT2D eigenvalue weighted by Crippen LogP contribution is -2.41. The van der Waals surface area contributed by atoms with E-state index in [0.717, 1.165) is 35.9 Å². The van der Waals surface area contributed by atoms with Crippen molar-refractivity contribution in [3.63, 3.8) is 0 Å². The molecule has 0 saturated carbocycles. The van der Waals surface area contributed by atoms with E-state index >= 15 is 0 Å². The van der Waals surface area contributed by atoms with Crippen LogP contribution in [0.5, 0.6) is 0 Å². The van der Waals surface area contributed by atoms with Crippen LogP contribution in [0.15, 0.2) is 35.5 Å². The van der Waals surface area contributed by atoms with Crippen molar-refractivity contribution < 1.29 is 13.6 Å². The molecule has 140 valence electrons. The Bertz CT molecular complexity index is 962. The summed E-state index contributed by atoms with van der Waals surface area (Å²) in [5, 5.41) is 0.584. The number of ketones is 1. The van der Waals surface area contributed by atoms with Crippen molar-refractivity contribution in [2.24, 2.45) is 16.6 Å². The molecule has 2 aromatic rings. The first-order chi connectivity index (χ1) is 12.9. The van der Waals surface area contributed by atoms with Crippen LogP contribution in [-0.4, -0.2) is 21.7 Å². The Morgan fingerprint density at radius 1 is 1.37 bits per heavy atom. The minimum absolute atomic E-state index is 0.00245. The SMILES string of the molecule is C[C@]12N=C(N)SC[C@H]1CCc1ccc(CC(=O)c3ncc(F)cc3F)cc12. The summed E-state index contributed by atoms with van der Waals surface area (Å²) >= 11 is 1.58. The number of nitrogens with zero attached hydrogens (tertiary/aromatic N) is 2. The predicted molar refractivity (Wildman–Crippen MR) is 102 cm³/mol. The molecule has 0 bridgehead atoms. The standard InChI is InChI=1S/C20H19F2N3OS/c1-20-13(10-27-19(23)25-20)5-4-12-3-2-11(6-15(12)20)7-17(26)18-16(22)8-14(21)9-24-18/h2-3,6,8-9,13H,4-5,7,10H2,1H3,(H2,23,25)/t13-,20+/m1/s1. The van der Waals surface area contributed by atoms with Crippen LogP contribution in [0.25, 0.3) is 0 Å². The van der Waals surface area contributed by atoms with Gasteiger partial charge in [0.15, 0.2) is 16.8 Å². The molecule has 1 aliphatic carbocycles. The summed E-state index contributed by atoms with van der Waals surface area (Å²) in [5.41, 5.74) is 8.30. The fourth-order valence-corrected chi connectivity index (χ4v) is 5.10. The zero-order valence-electron chi connectivity index (χ0n) is 14.8. The molecule has 0 unspecified atom stereocenters. The second-order valence-electron chi connectivity index (χ2n) is 7.22. The van der Waals surface area contributed by atoms with Crippen LogP contribution < -0.4 is 5.73 Å². The third-order valence-electron chi connectivity index (χ3n) is 5.49. The van der Waals surface area contributed by atoms with Crippen molar-refractivity contribution in [3.05, 3.63) is 64.5 Å². The van der Waals surface area contributed by atoms with Gasteiger partial charge in [-0.2, -0.15) is 0 Å². The van der Waals surface area contributed by atoms with Crippen molar-refractivity contribution in [3.8, 4) is 0 Å². The number of nitrogens with two attached hydrogens (primary N) is 1. The first kappa shape index (κ1) is 18.1. The van der Waals surface area contributed by atoms with Crippen molar-refractivity contribution >= 4 is 22.7 Å². The summed E-state index contributed by atoms with van der Waals surface area (Å²) in [6.07, 6.45) is 2.87. The molecule has 2 aliphatic rings. The number of pyridine rings is 1. The third kappa shape index (κ3) is 3.25. The Balaban J connectivity index is 1.67. The Labute approximate surface area is 160 Å². The van der Waals surface area contributed by atoms with Crippen LogP contribution in [0.2, 0.25) is 0 Å². The molecule has 0 spiro atoms. The van der Waals surface area contributed by atoms with E-state index in [1.54, 1.807) is 11.8 Å². The van der Waals surface area contributed by atoms with Crippen LogP contribution in [0.1, 0.15) is 40.5 Å². The zero-order chi connectivity index (χ0) is 19.2. The van der Waals surface area contributed by atoms with Gasteiger partial charge in [-0.15, -0.1) is 0 Å². The Kier molecular flexibility index (Phi) is 4.50. The predicted octanol–water partition coefficient (Wildman–Crippen LogP) is 3.62. The maximum Gasteiger partial charge on any atom is 0.188 e. The summed E-state index contributed by atoms with van der Waals surface area (Å²) in [6.45, 7) is 2.09. The Morgan fingerprint density at radius 3 is 2.96 bits per heavy atom. The van der Waals surface area contributed by atoms with Gasteiger partial charge in [0.1, 0.15) is 11.5 Å². The number of Topliss-reactive ketones (excluding diaryl/α,β-unsaturated/α-hetero) is 1. The van der Waals surface area contributed by atoms with E-state index in [-0.39, 0.29) is 12.1 Å². The summed E-state index contributed by atoms with van der Waals surface area (Å²) in [6, 6.07) is 6.55. The Hall–Kier alpha value is -2.28. The molecule has 2 heterocycles. The molecule has 1 aliphatic heterocycles. The summed E-state index contributed by atoms with van der Waals surface area (Å²) in [7, 11) is 0. The fourth-order valence-electron chi connectivity index (χ4n) is 3.99. The van der Waals surface area contributed by atoms with E-state index in [9.17, 15) is 13.6 Å². The molecule has 1 aromatic carbocycles. The number of amidine groups is 1. The van der Waals surface area contributed by atoms with E-state index in [1.807, 2.05) is 18.2 Å². The number of carbonyl (C=O) groups is 1. The highest BCUT2D eigenvalue weighted by molar-refractivity contribution is 8.13. The molecule has 0 amide bonds. The first-order valence-corrected chi connectivity index (χ1v) is 9.80. The topological polar surface area (TPSA) is 68.3 Å². The molecule has 4 rings (SSSR count). The van der Waals surface area contributed by atoms with Gasteiger partial charge in [0.25, 0.3) is 0 Å². The van der Waals surface area contributed by atoms with Crippen LogP contribution in [0.3, 0.4) is 0 Å². The normalized spacial score (nSPS) is 24.0. The van der Waals surface area contributed by atoms with Gasteiger partial charge >= 0.3 is 0 Å². The number of hydrogen-bond donors (Lipinski definition) is 1. The maximum atomic E-state index is 13.8. The second-order valence-corrected chi connectivity index (χ2v) is 8.26. The Morgan fingerprint density at radius 2 is 2.19 bits per heavy atom. The molecular formula is C20H19F2N3OS. The lowest BCUT2D eigenvalue weighted by molar-refractivity contribution is 0.0983. The molecule has 0 saturated heterocycles. The number of halogens is 2. The smallest absolute Gasteiger partial charge is 0.188 e. The van der Waals surface area contributed by atoms with Crippen LogP contribution in [0, 0.1) is 17.6 Å². The van der Waals surface area contributed by atoms with Gasteiger partial charge in [-0.25, -0.2) is 13.8 Å². The molecule has 7 heteroatoms. The molecule has 27 heavy (non-hydrogen) atoms. The molecule has 4 nitrogen and oxygen atoms in total. The average Bonchev–Trinajstić information content (AvgIpc) is 2.61. The van der Waals surface area contributed by atoms with E-state index in [0.29, 0.717) is 17.2 Å². The van der Waals surface area contributed by atoms with Crippen LogP contribution in [0.4, 0.5) is 8.78 Å². The molecule has 2 atom stereocenters. The van der Waals surface area contributed by atoms with E-state index < -0.39 is 23.0 Å². The third-order valence-corrected chi connectivity index (χ3v) is 6.44. The van der Waals surface area contributed by atoms with Gasteiger partial charge in [0.05, 0.1) is 11.7 Å². The molecule has 2 N–H and O–H groups in total. The van der Waals surface area contributed by atoms with Gasteiger partial charge in [0, 0.05) is 18.2 Å². The van der Waals surface area contributed by atoms with Crippen molar-refractivity contribution in [1.29, 1.82) is 0 Å². The highest BCUT2D eigenvalue weighted by atomic mass is 32.2. The van der Waals surface area contributed by atoms with Gasteiger partial charge in [-0.05, 0) is 42.4 Å². The molecule has 1 aromatic heterocycles. The minimum Gasteiger partial charge on any atom is -0.379 e. The maximum absolute atomic E-state index is 13.8. The average molecular weight is 387 g/mol. The molecular weight excluding hydrogens is 368 g/mol. The molecule has 0 fully saturated rings. The van der Waals surface area contributed by atoms with Crippen molar-refractivity contribution in [2.45, 2.75) is 31.7 Å². The lowest BCUT2D eigenvalue weighted by Gasteiger charge is -2.42. The van der Waals surface area contributed by atoms with Gasteiger partial charge in [-0.3, -0.25) is 9.79 Å².